The molecule has 6 nitrogen and oxygen atoms in total. The van der Waals surface area contributed by atoms with Crippen LogP contribution in [0.1, 0.15) is 43.3 Å². The highest BCUT2D eigenvalue weighted by atomic mass is 32.2. The Bertz CT molecular complexity index is 638. The highest BCUT2D eigenvalue weighted by Crippen LogP contribution is 2.23. The number of carboxylic acids is 1. The van der Waals surface area contributed by atoms with Crippen molar-refractivity contribution in [3.8, 4) is 0 Å². The van der Waals surface area contributed by atoms with E-state index in [1.54, 1.807) is 0 Å². The molecule has 0 saturated carbocycles. The van der Waals surface area contributed by atoms with Gasteiger partial charge in [0.2, 0.25) is 10.0 Å². The van der Waals surface area contributed by atoms with Crippen LogP contribution in [0.25, 0.3) is 0 Å². The zero-order valence-electron chi connectivity index (χ0n) is 13.0. The van der Waals surface area contributed by atoms with Crippen LogP contribution in [0.3, 0.4) is 0 Å². The number of nitrogens with zero attached hydrogens (tertiary/aromatic N) is 1. The maximum atomic E-state index is 12.3. The first-order valence-electron chi connectivity index (χ1n) is 7.19. The molecule has 2 heterocycles. The summed E-state index contributed by atoms with van der Waals surface area (Å²) in [5.41, 5.74) is 0.0909. The molecule has 1 aliphatic heterocycles. The van der Waals surface area contributed by atoms with E-state index in [1.165, 1.54) is 11.4 Å². The second kappa shape index (κ2) is 6.27. The fourth-order valence-electron chi connectivity index (χ4n) is 2.53. The van der Waals surface area contributed by atoms with Crippen molar-refractivity contribution < 1.29 is 18.3 Å². The third kappa shape index (κ3) is 4.07. The number of hydrogen-bond acceptors (Lipinski definition) is 5. The fraction of sp³-hybridized carbons (Fsp3) is 0.643. The predicted molar refractivity (Wildman–Crippen MR) is 85.9 cm³/mol. The Kier molecular flexibility index (Phi) is 4.96. The minimum Gasteiger partial charge on any atom is -0.477 e. The van der Waals surface area contributed by atoms with Crippen molar-refractivity contribution >= 4 is 27.3 Å². The summed E-state index contributed by atoms with van der Waals surface area (Å²) >= 11 is 0.923. The monoisotopic (exact) mass is 346 g/mol. The Morgan fingerprint density at radius 3 is 2.41 bits per heavy atom. The number of carboxylic acid groups (broad SMARTS) is 1. The molecular weight excluding hydrogens is 324 g/mol. The van der Waals surface area contributed by atoms with Gasteiger partial charge in [0.05, 0.1) is 4.90 Å². The van der Waals surface area contributed by atoms with Crippen LogP contribution < -0.4 is 4.72 Å². The lowest BCUT2D eigenvalue weighted by atomic mass is 9.99. The average Bonchev–Trinajstić information content (AvgIpc) is 2.88. The Balaban J connectivity index is 2.00. The summed E-state index contributed by atoms with van der Waals surface area (Å²) in [4.78, 5) is 13.3. The summed E-state index contributed by atoms with van der Waals surface area (Å²) in [7, 11) is -3.65. The first-order chi connectivity index (χ1) is 10.1. The third-order valence-electron chi connectivity index (χ3n) is 3.86. The molecule has 124 valence electrons. The molecule has 1 fully saturated rings. The molecule has 0 aliphatic carbocycles. The van der Waals surface area contributed by atoms with Gasteiger partial charge in [-0.25, -0.2) is 17.9 Å². The van der Waals surface area contributed by atoms with Crippen molar-refractivity contribution in [1.29, 1.82) is 0 Å². The van der Waals surface area contributed by atoms with Crippen LogP contribution in [0.5, 0.6) is 0 Å². The second-order valence-electron chi connectivity index (χ2n) is 6.51. The van der Waals surface area contributed by atoms with E-state index in [0.29, 0.717) is 0 Å². The van der Waals surface area contributed by atoms with Crippen LogP contribution in [-0.4, -0.2) is 49.1 Å². The summed E-state index contributed by atoms with van der Waals surface area (Å²) in [6, 6.07) is 1.11. The molecule has 2 N–H and O–H groups in total. The number of rotatable bonds is 4. The van der Waals surface area contributed by atoms with Gasteiger partial charge in [-0.05, 0) is 39.7 Å². The van der Waals surface area contributed by atoms with Gasteiger partial charge in [-0.3, -0.25) is 4.90 Å². The topological polar surface area (TPSA) is 86.7 Å². The summed E-state index contributed by atoms with van der Waals surface area (Å²) in [6.45, 7) is 8.14. The number of thiophene rings is 1. The van der Waals surface area contributed by atoms with Gasteiger partial charge in [0, 0.05) is 30.1 Å². The van der Waals surface area contributed by atoms with Gasteiger partial charge in [0.15, 0.2) is 0 Å². The zero-order chi connectivity index (χ0) is 16.5. The summed E-state index contributed by atoms with van der Waals surface area (Å²) in [5, 5.41) is 10.3. The van der Waals surface area contributed by atoms with Gasteiger partial charge in [0.25, 0.3) is 0 Å². The summed E-state index contributed by atoms with van der Waals surface area (Å²) < 4.78 is 27.3. The molecule has 2 rings (SSSR count). The molecule has 1 aliphatic rings. The number of carbonyl (C=O) groups is 1. The molecule has 0 amide bonds. The van der Waals surface area contributed by atoms with Gasteiger partial charge in [-0.1, -0.05) is 0 Å². The standard InChI is InChI=1S/C14H22N2O4S2/c1-14(2,3)16-6-4-10(5-7-16)15-22(19,20)11-8-12(13(17)18)21-9-11/h8-10,15H,4-7H2,1-3H3,(H,17,18). The summed E-state index contributed by atoms with van der Waals surface area (Å²) in [6.07, 6.45) is 1.51. The highest BCUT2D eigenvalue weighted by molar-refractivity contribution is 7.89. The molecule has 0 atom stereocenters. The van der Waals surface area contributed by atoms with E-state index in [-0.39, 0.29) is 21.4 Å². The number of piperidine rings is 1. The van der Waals surface area contributed by atoms with E-state index in [9.17, 15) is 13.2 Å². The first-order valence-corrected chi connectivity index (χ1v) is 9.55. The Morgan fingerprint density at radius 2 is 1.95 bits per heavy atom. The number of nitrogens with one attached hydrogen (secondary N) is 1. The molecule has 8 heteroatoms. The van der Waals surface area contributed by atoms with E-state index < -0.39 is 16.0 Å². The second-order valence-corrected chi connectivity index (χ2v) is 9.13. The minimum absolute atomic E-state index is 0.0305. The van der Waals surface area contributed by atoms with Crippen molar-refractivity contribution in [3.05, 3.63) is 16.3 Å². The molecule has 0 aromatic carbocycles. The lowest BCUT2D eigenvalue weighted by molar-refractivity contribution is 0.0702. The van der Waals surface area contributed by atoms with Crippen molar-refractivity contribution in [1.82, 2.24) is 9.62 Å². The maximum Gasteiger partial charge on any atom is 0.345 e. The third-order valence-corrected chi connectivity index (χ3v) is 6.43. The van der Waals surface area contributed by atoms with Gasteiger partial charge in [0.1, 0.15) is 4.88 Å². The zero-order valence-corrected chi connectivity index (χ0v) is 14.6. The molecule has 0 bridgehead atoms. The van der Waals surface area contributed by atoms with Crippen LogP contribution in [-0.2, 0) is 10.0 Å². The lowest BCUT2D eigenvalue weighted by Gasteiger charge is -2.40. The SMILES string of the molecule is CC(C)(C)N1CCC(NS(=O)(=O)c2csc(C(=O)O)c2)CC1. The number of aromatic carboxylic acids is 1. The lowest BCUT2D eigenvalue weighted by Crippen LogP contribution is -2.50. The minimum atomic E-state index is -3.65. The normalized spacial score (nSPS) is 18.5. The van der Waals surface area contributed by atoms with E-state index >= 15 is 0 Å². The van der Waals surface area contributed by atoms with Crippen LogP contribution in [0, 0.1) is 0 Å². The average molecular weight is 346 g/mol. The van der Waals surface area contributed by atoms with E-state index in [1.807, 2.05) is 0 Å². The van der Waals surface area contributed by atoms with E-state index in [0.717, 1.165) is 37.3 Å². The van der Waals surface area contributed by atoms with Crippen molar-refractivity contribution in [2.24, 2.45) is 0 Å². The predicted octanol–water partition coefficient (Wildman–Crippen LogP) is 1.99. The van der Waals surface area contributed by atoms with Crippen molar-refractivity contribution in [3.63, 3.8) is 0 Å². The summed E-state index contributed by atoms with van der Waals surface area (Å²) in [5.74, 6) is -1.11. The quantitative estimate of drug-likeness (QED) is 0.871. The Hall–Kier alpha value is -0.960. The van der Waals surface area contributed by atoms with E-state index in [4.69, 9.17) is 5.11 Å². The molecule has 0 unspecified atom stereocenters. The Morgan fingerprint density at radius 1 is 1.36 bits per heavy atom. The van der Waals surface area contributed by atoms with Gasteiger partial charge >= 0.3 is 5.97 Å². The van der Waals surface area contributed by atoms with Crippen LogP contribution in [0.2, 0.25) is 0 Å². The largest absolute Gasteiger partial charge is 0.477 e. The van der Waals surface area contributed by atoms with E-state index in [2.05, 4.69) is 30.4 Å². The van der Waals surface area contributed by atoms with Crippen LogP contribution in [0.4, 0.5) is 0 Å². The first kappa shape index (κ1) is 17.4. The fourth-order valence-corrected chi connectivity index (χ4v) is 4.94. The molecule has 1 saturated heterocycles. The van der Waals surface area contributed by atoms with Crippen LogP contribution >= 0.6 is 11.3 Å². The molecule has 0 radical (unpaired) electrons. The van der Waals surface area contributed by atoms with Crippen LogP contribution in [0.15, 0.2) is 16.3 Å². The van der Waals surface area contributed by atoms with Crippen molar-refractivity contribution in [2.45, 2.75) is 50.1 Å². The molecule has 1 aromatic rings. The highest BCUT2D eigenvalue weighted by Gasteiger charge is 2.29. The maximum absolute atomic E-state index is 12.3. The molecule has 0 spiro atoms. The number of likely N-dealkylation sites (tertiary alicyclic amines) is 1. The molecule has 22 heavy (non-hydrogen) atoms. The molecular formula is C14H22N2O4S2. The number of sulfonamides is 1. The van der Waals surface area contributed by atoms with Crippen molar-refractivity contribution in [2.75, 3.05) is 13.1 Å². The number of hydrogen-bond donors (Lipinski definition) is 2. The smallest absolute Gasteiger partial charge is 0.345 e. The Labute approximate surface area is 135 Å². The molecule has 1 aromatic heterocycles. The van der Waals surface area contributed by atoms with Gasteiger partial charge in [-0.2, -0.15) is 0 Å². The van der Waals surface area contributed by atoms with Gasteiger partial charge < -0.3 is 5.11 Å². The van der Waals surface area contributed by atoms with Gasteiger partial charge in [-0.15, -0.1) is 11.3 Å².